The molecule has 0 aromatic carbocycles. The van der Waals surface area contributed by atoms with Gasteiger partial charge >= 0.3 is 0 Å². The van der Waals surface area contributed by atoms with Gasteiger partial charge in [-0.25, -0.2) is 9.37 Å². The summed E-state index contributed by atoms with van der Waals surface area (Å²) < 4.78 is 19.1. The topological polar surface area (TPSA) is 28.6 Å². The number of rotatable bonds is 5. The van der Waals surface area contributed by atoms with Crippen molar-refractivity contribution in [1.82, 2.24) is 9.88 Å². The normalized spacial score (nSPS) is 16.6. The van der Waals surface area contributed by atoms with E-state index in [9.17, 15) is 4.39 Å². The number of hydrogen-bond acceptors (Lipinski definition) is 4. The molecule has 1 fully saturated rings. The molecule has 2 heterocycles. The molecule has 0 radical (unpaired) electrons. The fraction of sp³-hybridized carbons (Fsp3) is 0.615. The summed E-state index contributed by atoms with van der Waals surface area (Å²) >= 11 is 5.72. The predicted molar refractivity (Wildman–Crippen MR) is 74.4 cm³/mol. The number of anilines is 1. The van der Waals surface area contributed by atoms with Gasteiger partial charge in [0.2, 0.25) is 0 Å². The van der Waals surface area contributed by atoms with Crippen molar-refractivity contribution < 1.29 is 9.13 Å². The van der Waals surface area contributed by atoms with E-state index in [1.54, 1.807) is 0 Å². The van der Waals surface area contributed by atoms with Gasteiger partial charge in [0.1, 0.15) is 0 Å². The Morgan fingerprint density at radius 2 is 2.21 bits per heavy atom. The van der Waals surface area contributed by atoms with Crippen LogP contribution in [0.2, 0.25) is 5.02 Å². The lowest BCUT2D eigenvalue weighted by Crippen LogP contribution is -2.41. The number of pyridine rings is 1. The Hall–Kier alpha value is -0.910. The van der Waals surface area contributed by atoms with Gasteiger partial charge in [-0.15, -0.1) is 0 Å². The van der Waals surface area contributed by atoms with E-state index in [1.165, 1.54) is 12.3 Å². The highest BCUT2D eigenvalue weighted by atomic mass is 35.5. The molecule has 1 aliphatic rings. The van der Waals surface area contributed by atoms with Crippen molar-refractivity contribution in [1.29, 1.82) is 0 Å². The molecule has 4 nitrogen and oxygen atoms in total. The number of hydrogen-bond donors (Lipinski definition) is 0. The molecule has 2 rings (SSSR count). The Labute approximate surface area is 118 Å². The van der Waals surface area contributed by atoms with Crippen LogP contribution in [-0.2, 0) is 4.74 Å². The molecule has 0 saturated carbocycles. The van der Waals surface area contributed by atoms with Crippen molar-refractivity contribution in [3.05, 3.63) is 23.1 Å². The highest BCUT2D eigenvalue weighted by molar-refractivity contribution is 6.30. The number of likely N-dealkylation sites (N-methyl/N-ethyl adjacent to an activating group) is 1. The number of aromatic nitrogens is 1. The molecular formula is C13H19ClFN3O. The second kappa shape index (κ2) is 7.03. The van der Waals surface area contributed by atoms with Crippen LogP contribution in [-0.4, -0.2) is 55.8 Å². The lowest BCUT2D eigenvalue weighted by Gasteiger charge is -2.30. The quantitative estimate of drug-likeness (QED) is 0.829. The summed E-state index contributed by atoms with van der Waals surface area (Å²) in [7, 11) is 0. The van der Waals surface area contributed by atoms with Crippen molar-refractivity contribution in [2.75, 3.05) is 50.8 Å². The minimum absolute atomic E-state index is 0.325. The van der Waals surface area contributed by atoms with E-state index in [0.29, 0.717) is 10.8 Å². The Morgan fingerprint density at radius 3 is 2.84 bits per heavy atom. The van der Waals surface area contributed by atoms with E-state index in [-0.39, 0.29) is 5.82 Å². The molecule has 0 atom stereocenters. The molecule has 1 aromatic heterocycles. The molecule has 0 spiro atoms. The van der Waals surface area contributed by atoms with E-state index >= 15 is 0 Å². The lowest BCUT2D eigenvalue weighted by atomic mass is 10.3. The van der Waals surface area contributed by atoms with E-state index in [4.69, 9.17) is 16.3 Å². The maximum atomic E-state index is 13.8. The van der Waals surface area contributed by atoms with Gasteiger partial charge in [-0.05, 0) is 13.0 Å². The standard InChI is InChI=1S/C13H19ClFN3O/c1-2-18(4-3-17-5-7-19-8-6-17)13-12(15)9-11(14)10-16-13/h9-10H,2-8H2,1H3. The summed E-state index contributed by atoms with van der Waals surface area (Å²) in [5.74, 6) is 0.0106. The van der Waals surface area contributed by atoms with E-state index < -0.39 is 0 Å². The smallest absolute Gasteiger partial charge is 0.167 e. The van der Waals surface area contributed by atoms with Gasteiger partial charge in [0.05, 0.1) is 18.2 Å². The van der Waals surface area contributed by atoms with Gasteiger partial charge in [0, 0.05) is 38.9 Å². The van der Waals surface area contributed by atoms with Crippen molar-refractivity contribution in [3.8, 4) is 0 Å². The van der Waals surface area contributed by atoms with Gasteiger partial charge in [0.15, 0.2) is 11.6 Å². The molecule has 1 aliphatic heterocycles. The molecule has 106 valence electrons. The zero-order valence-corrected chi connectivity index (χ0v) is 11.9. The largest absolute Gasteiger partial charge is 0.379 e. The summed E-state index contributed by atoms with van der Waals surface area (Å²) in [5.41, 5.74) is 0. The van der Waals surface area contributed by atoms with E-state index in [0.717, 1.165) is 45.9 Å². The average Bonchev–Trinajstić information content (AvgIpc) is 2.42. The van der Waals surface area contributed by atoms with Crippen molar-refractivity contribution in [2.24, 2.45) is 0 Å². The molecule has 0 unspecified atom stereocenters. The minimum Gasteiger partial charge on any atom is -0.379 e. The third-order valence-electron chi connectivity index (χ3n) is 3.26. The molecular weight excluding hydrogens is 269 g/mol. The maximum absolute atomic E-state index is 13.8. The molecule has 19 heavy (non-hydrogen) atoms. The van der Waals surface area contributed by atoms with Crippen LogP contribution in [0.5, 0.6) is 0 Å². The summed E-state index contributed by atoms with van der Waals surface area (Å²) in [6.45, 7) is 7.79. The fourth-order valence-corrected chi connectivity index (χ4v) is 2.29. The average molecular weight is 288 g/mol. The minimum atomic E-state index is -0.365. The summed E-state index contributed by atoms with van der Waals surface area (Å²) in [5, 5.41) is 0.325. The van der Waals surface area contributed by atoms with Crippen molar-refractivity contribution in [2.45, 2.75) is 6.92 Å². The monoisotopic (exact) mass is 287 g/mol. The molecule has 0 aliphatic carbocycles. The first kappa shape index (κ1) is 14.5. The van der Waals surface area contributed by atoms with Crippen molar-refractivity contribution in [3.63, 3.8) is 0 Å². The fourth-order valence-electron chi connectivity index (χ4n) is 2.14. The van der Waals surface area contributed by atoms with Gasteiger partial charge in [-0.3, -0.25) is 4.90 Å². The SMILES string of the molecule is CCN(CCN1CCOCC1)c1ncc(Cl)cc1F. The second-order valence-corrected chi connectivity index (χ2v) is 4.93. The predicted octanol–water partition coefficient (Wildman–Crippen LogP) is 2.03. The summed E-state index contributed by atoms with van der Waals surface area (Å²) in [6, 6.07) is 1.31. The molecule has 0 amide bonds. The first-order chi connectivity index (χ1) is 9.20. The number of ether oxygens (including phenoxy) is 1. The van der Waals surface area contributed by atoms with Crippen LogP contribution in [0.3, 0.4) is 0 Å². The molecule has 0 bridgehead atoms. The lowest BCUT2D eigenvalue weighted by molar-refractivity contribution is 0.0391. The number of nitrogens with zero attached hydrogens (tertiary/aromatic N) is 3. The highest BCUT2D eigenvalue weighted by Gasteiger charge is 2.15. The molecule has 1 aromatic rings. The van der Waals surface area contributed by atoms with E-state index in [1.807, 2.05) is 11.8 Å². The van der Waals surface area contributed by atoms with Crippen LogP contribution in [0.1, 0.15) is 6.92 Å². The van der Waals surface area contributed by atoms with Gasteiger partial charge < -0.3 is 9.64 Å². The zero-order valence-electron chi connectivity index (χ0n) is 11.1. The van der Waals surface area contributed by atoms with Gasteiger partial charge in [-0.2, -0.15) is 0 Å². The van der Waals surface area contributed by atoms with Crippen LogP contribution in [0.4, 0.5) is 10.2 Å². The molecule has 1 saturated heterocycles. The Morgan fingerprint density at radius 1 is 1.47 bits per heavy atom. The van der Waals surface area contributed by atoms with Gasteiger partial charge in [-0.1, -0.05) is 11.6 Å². The first-order valence-corrected chi connectivity index (χ1v) is 6.94. The van der Waals surface area contributed by atoms with Crippen LogP contribution in [0, 0.1) is 5.82 Å². The molecule has 6 heteroatoms. The van der Waals surface area contributed by atoms with Crippen LogP contribution < -0.4 is 4.90 Å². The Balaban J connectivity index is 1.95. The van der Waals surface area contributed by atoms with Crippen LogP contribution >= 0.6 is 11.6 Å². The second-order valence-electron chi connectivity index (χ2n) is 4.49. The number of morpholine rings is 1. The first-order valence-electron chi connectivity index (χ1n) is 6.56. The maximum Gasteiger partial charge on any atom is 0.167 e. The summed E-state index contributed by atoms with van der Waals surface area (Å²) in [6.07, 6.45) is 1.48. The van der Waals surface area contributed by atoms with Crippen molar-refractivity contribution >= 4 is 17.4 Å². The highest BCUT2D eigenvalue weighted by Crippen LogP contribution is 2.19. The number of halogens is 2. The Bertz CT molecular complexity index is 413. The van der Waals surface area contributed by atoms with Crippen LogP contribution in [0.25, 0.3) is 0 Å². The zero-order chi connectivity index (χ0) is 13.7. The third kappa shape index (κ3) is 4.03. The van der Waals surface area contributed by atoms with E-state index in [2.05, 4.69) is 9.88 Å². The Kier molecular flexibility index (Phi) is 5.36. The molecule has 0 N–H and O–H groups in total. The van der Waals surface area contributed by atoms with Gasteiger partial charge in [0.25, 0.3) is 0 Å². The van der Waals surface area contributed by atoms with Crippen LogP contribution in [0.15, 0.2) is 12.3 Å². The summed E-state index contributed by atoms with van der Waals surface area (Å²) in [4.78, 5) is 8.34. The third-order valence-corrected chi connectivity index (χ3v) is 3.47.